The van der Waals surface area contributed by atoms with E-state index in [4.69, 9.17) is 0 Å². The van der Waals surface area contributed by atoms with Gasteiger partial charge in [-0.15, -0.1) is 0 Å². The van der Waals surface area contributed by atoms with Crippen LogP contribution in [0.15, 0.2) is 47.4 Å². The van der Waals surface area contributed by atoms with E-state index in [0.717, 1.165) is 6.07 Å². The molecule has 1 amide bonds. The van der Waals surface area contributed by atoms with Crippen LogP contribution in [-0.2, 0) is 17.5 Å². The summed E-state index contributed by atoms with van der Waals surface area (Å²) in [5.74, 6) is -0.736. The highest BCUT2D eigenvalue weighted by atomic mass is 19.4. The zero-order valence-corrected chi connectivity index (χ0v) is 14.0. The summed E-state index contributed by atoms with van der Waals surface area (Å²) in [4.78, 5) is 23.7. The molecule has 0 spiro atoms. The van der Waals surface area contributed by atoms with E-state index in [-0.39, 0.29) is 5.75 Å². The number of aromatic nitrogens is 1. The van der Waals surface area contributed by atoms with Crippen LogP contribution in [0.25, 0.3) is 0 Å². The van der Waals surface area contributed by atoms with Gasteiger partial charge in [0.25, 0.3) is 5.56 Å². The van der Waals surface area contributed by atoms with Crippen LogP contribution in [0.1, 0.15) is 24.1 Å². The Morgan fingerprint density at radius 1 is 1.15 bits per heavy atom. The summed E-state index contributed by atoms with van der Waals surface area (Å²) in [5.41, 5.74) is -1.24. The lowest BCUT2D eigenvalue weighted by atomic mass is 10.1. The van der Waals surface area contributed by atoms with Crippen molar-refractivity contribution in [3.8, 4) is 5.75 Å². The number of nitrogens with zero attached hydrogens (tertiary/aromatic N) is 1. The lowest BCUT2D eigenvalue weighted by Gasteiger charge is -2.16. The van der Waals surface area contributed by atoms with E-state index in [1.54, 1.807) is 6.92 Å². The van der Waals surface area contributed by atoms with Crippen LogP contribution in [0.5, 0.6) is 5.75 Å². The van der Waals surface area contributed by atoms with Gasteiger partial charge in [-0.05, 0) is 30.7 Å². The van der Waals surface area contributed by atoms with Gasteiger partial charge in [-0.2, -0.15) is 22.0 Å². The molecule has 2 rings (SSSR count). The molecule has 0 radical (unpaired) electrons. The third-order valence-corrected chi connectivity index (χ3v) is 3.61. The first-order valence-electron chi connectivity index (χ1n) is 7.68. The zero-order chi connectivity index (χ0) is 20.2. The summed E-state index contributed by atoms with van der Waals surface area (Å²) in [7, 11) is 0. The molecule has 0 saturated heterocycles. The van der Waals surface area contributed by atoms with Crippen molar-refractivity contribution in [2.75, 3.05) is 0 Å². The maximum atomic E-state index is 12.7. The molecule has 5 nitrogen and oxygen atoms in total. The van der Waals surface area contributed by atoms with Crippen molar-refractivity contribution in [2.45, 2.75) is 32.3 Å². The van der Waals surface area contributed by atoms with Crippen molar-refractivity contribution in [3.05, 3.63) is 64.1 Å². The van der Waals surface area contributed by atoms with Gasteiger partial charge >= 0.3 is 12.8 Å². The summed E-state index contributed by atoms with van der Waals surface area (Å²) < 4.78 is 67.2. The second-order valence-corrected chi connectivity index (χ2v) is 5.62. The van der Waals surface area contributed by atoms with Gasteiger partial charge in [0.1, 0.15) is 12.3 Å². The predicted octanol–water partition coefficient (Wildman–Crippen LogP) is 3.35. The van der Waals surface area contributed by atoms with Crippen LogP contribution >= 0.6 is 0 Å². The Morgan fingerprint density at radius 3 is 2.33 bits per heavy atom. The minimum absolute atomic E-state index is 0.0530. The smallest absolute Gasteiger partial charge is 0.417 e. The second-order valence-electron chi connectivity index (χ2n) is 5.62. The van der Waals surface area contributed by atoms with Gasteiger partial charge in [0.05, 0.1) is 11.6 Å². The zero-order valence-electron chi connectivity index (χ0n) is 14.0. The molecule has 2 aromatic rings. The first-order valence-corrected chi connectivity index (χ1v) is 7.68. The van der Waals surface area contributed by atoms with E-state index in [2.05, 4.69) is 10.1 Å². The Kier molecular flexibility index (Phi) is 6.19. The van der Waals surface area contributed by atoms with Gasteiger partial charge in [-0.25, -0.2) is 0 Å². The van der Waals surface area contributed by atoms with Crippen molar-refractivity contribution >= 4 is 5.91 Å². The van der Waals surface area contributed by atoms with E-state index in [1.165, 1.54) is 24.3 Å². The van der Waals surface area contributed by atoms with Crippen LogP contribution in [-0.4, -0.2) is 17.1 Å². The molecule has 0 aliphatic carbocycles. The van der Waals surface area contributed by atoms with Crippen LogP contribution in [0, 0.1) is 0 Å². The summed E-state index contributed by atoms with van der Waals surface area (Å²) in [6.07, 6.45) is -4.07. The van der Waals surface area contributed by atoms with Gasteiger partial charge in [0.2, 0.25) is 5.91 Å². The summed E-state index contributed by atoms with van der Waals surface area (Å²) >= 11 is 0. The molecule has 1 atom stereocenters. The number of amides is 1. The first kappa shape index (κ1) is 20.4. The fourth-order valence-electron chi connectivity index (χ4n) is 2.29. The van der Waals surface area contributed by atoms with Gasteiger partial charge in [-0.3, -0.25) is 9.59 Å². The van der Waals surface area contributed by atoms with Crippen molar-refractivity contribution < 1.29 is 31.5 Å². The lowest BCUT2D eigenvalue weighted by Crippen LogP contribution is -2.34. The van der Waals surface area contributed by atoms with E-state index in [1.807, 2.05) is 0 Å². The molecule has 10 heteroatoms. The first-order chi connectivity index (χ1) is 12.6. The number of alkyl halides is 5. The summed E-state index contributed by atoms with van der Waals surface area (Å²) in [6.45, 7) is -1.96. The minimum Gasteiger partial charge on any atom is -0.435 e. The van der Waals surface area contributed by atoms with Crippen molar-refractivity contribution in [2.24, 2.45) is 0 Å². The highest BCUT2D eigenvalue weighted by Crippen LogP contribution is 2.28. The van der Waals surface area contributed by atoms with E-state index in [9.17, 15) is 31.5 Å². The fourth-order valence-corrected chi connectivity index (χ4v) is 2.29. The van der Waals surface area contributed by atoms with Gasteiger partial charge < -0.3 is 14.6 Å². The third-order valence-electron chi connectivity index (χ3n) is 3.61. The van der Waals surface area contributed by atoms with Crippen LogP contribution in [0.4, 0.5) is 22.0 Å². The van der Waals surface area contributed by atoms with Crippen LogP contribution in [0.2, 0.25) is 0 Å². The number of ether oxygens (including phenoxy) is 1. The van der Waals surface area contributed by atoms with Crippen molar-refractivity contribution in [1.29, 1.82) is 0 Å². The molecule has 1 aromatic heterocycles. The molecule has 0 saturated carbocycles. The summed E-state index contributed by atoms with van der Waals surface area (Å²) in [5, 5.41) is 2.52. The second kappa shape index (κ2) is 8.19. The average Bonchev–Trinajstić information content (AvgIpc) is 2.55. The highest BCUT2D eigenvalue weighted by molar-refractivity contribution is 5.76. The normalized spacial score (nSPS) is 12.7. The molecule has 0 bridgehead atoms. The van der Waals surface area contributed by atoms with E-state index >= 15 is 0 Å². The molecule has 0 aliphatic rings. The molecule has 146 valence electrons. The Morgan fingerprint density at radius 2 is 1.78 bits per heavy atom. The monoisotopic (exact) mass is 390 g/mol. The largest absolute Gasteiger partial charge is 0.435 e. The van der Waals surface area contributed by atoms with E-state index < -0.39 is 42.4 Å². The van der Waals surface area contributed by atoms with Gasteiger partial charge in [-0.1, -0.05) is 12.1 Å². The van der Waals surface area contributed by atoms with Crippen LogP contribution in [0.3, 0.4) is 0 Å². The number of halogens is 5. The highest BCUT2D eigenvalue weighted by Gasteiger charge is 2.31. The molecule has 1 aromatic carbocycles. The Labute approximate surface area is 150 Å². The molecular formula is C17H15F5N2O3. The topological polar surface area (TPSA) is 60.3 Å². The molecular weight excluding hydrogens is 375 g/mol. The van der Waals surface area contributed by atoms with Gasteiger partial charge in [0.15, 0.2) is 0 Å². The standard InChI is InChI=1S/C17H15F5N2O3/c1-10(11-2-5-13(6-3-11)27-16(18)19)23-14(25)9-24-8-12(17(20,21)22)4-7-15(24)26/h2-8,10,16H,9H2,1H3,(H,23,25). The number of rotatable bonds is 6. The van der Waals surface area contributed by atoms with E-state index in [0.29, 0.717) is 22.4 Å². The Bertz CT molecular complexity index is 847. The minimum atomic E-state index is -4.64. The molecule has 1 unspecified atom stereocenters. The lowest BCUT2D eigenvalue weighted by molar-refractivity contribution is -0.138. The third kappa shape index (κ3) is 5.80. The quantitative estimate of drug-likeness (QED) is 0.770. The number of hydrogen-bond acceptors (Lipinski definition) is 3. The maximum absolute atomic E-state index is 12.7. The Hall–Kier alpha value is -2.91. The number of benzene rings is 1. The average molecular weight is 390 g/mol. The van der Waals surface area contributed by atoms with Crippen molar-refractivity contribution in [1.82, 2.24) is 9.88 Å². The fraction of sp³-hybridized carbons (Fsp3) is 0.294. The van der Waals surface area contributed by atoms with Crippen molar-refractivity contribution in [3.63, 3.8) is 0 Å². The number of pyridine rings is 1. The predicted molar refractivity (Wildman–Crippen MR) is 85.3 cm³/mol. The van der Waals surface area contributed by atoms with Gasteiger partial charge in [0, 0.05) is 12.3 Å². The molecule has 27 heavy (non-hydrogen) atoms. The maximum Gasteiger partial charge on any atom is 0.417 e. The molecule has 1 N–H and O–H groups in total. The molecule has 0 aliphatic heterocycles. The summed E-state index contributed by atoms with van der Waals surface area (Å²) in [6, 6.07) is 6.31. The number of carbonyl (C=O) groups is 1. The number of hydrogen-bond donors (Lipinski definition) is 1. The Balaban J connectivity index is 2.04. The molecule has 1 heterocycles. The number of carbonyl (C=O) groups excluding carboxylic acids is 1. The molecule has 0 fully saturated rings. The SMILES string of the molecule is CC(NC(=O)Cn1cc(C(F)(F)F)ccc1=O)c1ccc(OC(F)F)cc1. The number of nitrogens with one attached hydrogen (secondary N) is 1. The van der Waals surface area contributed by atoms with Crippen LogP contribution < -0.4 is 15.6 Å².